The molecule has 0 bridgehead atoms. The van der Waals surface area contributed by atoms with Gasteiger partial charge in [0.25, 0.3) is 0 Å². The highest BCUT2D eigenvalue weighted by Crippen LogP contribution is 2.30. The molecule has 21 heavy (non-hydrogen) atoms. The lowest BCUT2D eigenvalue weighted by molar-refractivity contribution is -0.109. The average molecular weight is 294 g/mol. The maximum absolute atomic E-state index is 10.9. The summed E-state index contributed by atoms with van der Waals surface area (Å²) < 4.78 is 5.92. The smallest absolute Gasteiger partial charge is 0.185 e. The van der Waals surface area contributed by atoms with Gasteiger partial charge in [0.2, 0.25) is 0 Å². The van der Waals surface area contributed by atoms with E-state index >= 15 is 0 Å². The van der Waals surface area contributed by atoms with E-state index in [1.165, 1.54) is 11.8 Å². The van der Waals surface area contributed by atoms with Crippen molar-refractivity contribution < 1.29 is 9.21 Å². The Balaban J connectivity index is 1.92. The topological polar surface area (TPSA) is 30.2 Å². The second-order valence-electron chi connectivity index (χ2n) is 4.67. The van der Waals surface area contributed by atoms with Gasteiger partial charge in [-0.05, 0) is 12.1 Å². The van der Waals surface area contributed by atoms with Crippen molar-refractivity contribution in [3.05, 3.63) is 48.0 Å². The van der Waals surface area contributed by atoms with Crippen molar-refractivity contribution in [3.8, 4) is 11.8 Å². The SMILES string of the molecule is CC(=O)SCCC#Cc1cccc2c1oc1ccccc12. The molecule has 1 heterocycles. The third-order valence-electron chi connectivity index (χ3n) is 3.16. The van der Waals surface area contributed by atoms with Crippen LogP contribution >= 0.6 is 11.8 Å². The molecule has 0 atom stereocenters. The predicted octanol–water partition coefficient (Wildman–Crippen LogP) is 4.61. The minimum Gasteiger partial charge on any atom is -0.455 e. The van der Waals surface area contributed by atoms with Crippen molar-refractivity contribution in [2.24, 2.45) is 0 Å². The zero-order valence-electron chi connectivity index (χ0n) is 11.7. The van der Waals surface area contributed by atoms with Crippen LogP contribution in [0.15, 0.2) is 46.9 Å². The van der Waals surface area contributed by atoms with Crippen molar-refractivity contribution in [2.75, 3.05) is 5.75 Å². The van der Waals surface area contributed by atoms with E-state index in [1.807, 2.05) is 30.3 Å². The largest absolute Gasteiger partial charge is 0.455 e. The van der Waals surface area contributed by atoms with Crippen LogP contribution in [0.3, 0.4) is 0 Å². The Hall–Kier alpha value is -2.18. The van der Waals surface area contributed by atoms with Crippen LogP contribution in [0.25, 0.3) is 21.9 Å². The number of carbonyl (C=O) groups is 1. The first-order valence-corrected chi connectivity index (χ1v) is 7.77. The molecule has 104 valence electrons. The minimum absolute atomic E-state index is 0.135. The van der Waals surface area contributed by atoms with Crippen LogP contribution in [0.2, 0.25) is 0 Å². The third kappa shape index (κ3) is 2.96. The Morgan fingerprint density at radius 3 is 2.81 bits per heavy atom. The molecule has 0 N–H and O–H groups in total. The maximum Gasteiger partial charge on any atom is 0.185 e. The molecule has 1 aromatic heterocycles. The van der Waals surface area contributed by atoms with E-state index in [9.17, 15) is 4.79 Å². The number of benzene rings is 2. The summed E-state index contributed by atoms with van der Waals surface area (Å²) in [6.07, 6.45) is 0.695. The lowest BCUT2D eigenvalue weighted by Crippen LogP contribution is -1.84. The fraction of sp³-hybridized carbons (Fsp3) is 0.167. The lowest BCUT2D eigenvalue weighted by atomic mass is 10.1. The Bertz CT molecular complexity index is 865. The van der Waals surface area contributed by atoms with E-state index < -0.39 is 0 Å². The van der Waals surface area contributed by atoms with E-state index in [0.717, 1.165) is 33.3 Å². The van der Waals surface area contributed by atoms with Gasteiger partial charge < -0.3 is 4.42 Å². The zero-order valence-corrected chi connectivity index (χ0v) is 12.5. The van der Waals surface area contributed by atoms with Crippen molar-refractivity contribution in [1.82, 2.24) is 0 Å². The van der Waals surface area contributed by atoms with E-state index in [1.54, 1.807) is 6.92 Å². The van der Waals surface area contributed by atoms with Crippen molar-refractivity contribution in [1.29, 1.82) is 0 Å². The fourth-order valence-corrected chi connectivity index (χ4v) is 2.74. The molecule has 2 aromatic carbocycles. The summed E-state index contributed by atoms with van der Waals surface area (Å²) in [5.41, 5.74) is 2.62. The number of hydrogen-bond donors (Lipinski definition) is 0. The second-order valence-corrected chi connectivity index (χ2v) is 5.94. The molecule has 0 radical (unpaired) electrons. The van der Waals surface area contributed by atoms with Crippen LogP contribution in [-0.2, 0) is 4.79 Å². The Kier molecular flexibility index (Phi) is 3.98. The Labute approximate surface area is 127 Å². The number of rotatable bonds is 2. The van der Waals surface area contributed by atoms with Crippen LogP contribution in [-0.4, -0.2) is 10.9 Å². The molecule has 0 amide bonds. The van der Waals surface area contributed by atoms with Gasteiger partial charge in [0.15, 0.2) is 10.7 Å². The molecule has 2 nitrogen and oxygen atoms in total. The third-order valence-corrected chi connectivity index (χ3v) is 3.97. The van der Waals surface area contributed by atoms with Crippen LogP contribution in [0, 0.1) is 11.8 Å². The minimum atomic E-state index is 0.135. The molecule has 0 aliphatic rings. The summed E-state index contributed by atoms with van der Waals surface area (Å²) in [7, 11) is 0. The number of para-hydroxylation sites is 2. The van der Waals surface area contributed by atoms with E-state index in [-0.39, 0.29) is 5.12 Å². The van der Waals surface area contributed by atoms with Gasteiger partial charge in [-0.2, -0.15) is 0 Å². The van der Waals surface area contributed by atoms with Crippen molar-refractivity contribution in [3.63, 3.8) is 0 Å². The van der Waals surface area contributed by atoms with E-state index in [2.05, 4.69) is 24.0 Å². The van der Waals surface area contributed by atoms with Crippen LogP contribution < -0.4 is 0 Å². The molecule has 0 unspecified atom stereocenters. The summed E-state index contributed by atoms with van der Waals surface area (Å²) in [5, 5.41) is 2.34. The van der Waals surface area contributed by atoms with Crippen LogP contribution in [0.1, 0.15) is 18.9 Å². The molecule has 3 rings (SSSR count). The summed E-state index contributed by atoms with van der Waals surface area (Å²) in [4.78, 5) is 10.9. The number of thioether (sulfide) groups is 1. The Morgan fingerprint density at radius 1 is 1.14 bits per heavy atom. The highest BCUT2D eigenvalue weighted by atomic mass is 32.2. The molecule has 0 fully saturated rings. The van der Waals surface area contributed by atoms with Crippen LogP contribution in [0.4, 0.5) is 0 Å². The van der Waals surface area contributed by atoms with Gasteiger partial charge in [-0.15, -0.1) is 0 Å². The van der Waals surface area contributed by atoms with Gasteiger partial charge in [-0.3, -0.25) is 4.79 Å². The number of fused-ring (bicyclic) bond motifs is 3. The van der Waals surface area contributed by atoms with E-state index in [0.29, 0.717) is 6.42 Å². The van der Waals surface area contributed by atoms with Gasteiger partial charge in [0.05, 0.1) is 5.56 Å². The van der Waals surface area contributed by atoms with Gasteiger partial charge >= 0.3 is 0 Å². The summed E-state index contributed by atoms with van der Waals surface area (Å²) >= 11 is 1.31. The summed E-state index contributed by atoms with van der Waals surface area (Å²) in [5.74, 6) is 7.00. The zero-order chi connectivity index (χ0) is 14.7. The highest BCUT2D eigenvalue weighted by molar-refractivity contribution is 8.13. The highest BCUT2D eigenvalue weighted by Gasteiger charge is 2.08. The molecule has 0 spiro atoms. The van der Waals surface area contributed by atoms with Gasteiger partial charge in [0.1, 0.15) is 5.58 Å². The summed E-state index contributed by atoms with van der Waals surface area (Å²) in [6.45, 7) is 1.58. The first-order chi connectivity index (χ1) is 10.3. The monoisotopic (exact) mass is 294 g/mol. The normalized spacial score (nSPS) is 10.5. The quantitative estimate of drug-likeness (QED) is 0.511. The van der Waals surface area contributed by atoms with E-state index in [4.69, 9.17) is 4.42 Å². The molecule has 3 heteroatoms. The number of carbonyl (C=O) groups excluding carboxylic acids is 1. The van der Waals surface area contributed by atoms with Gasteiger partial charge in [0, 0.05) is 29.9 Å². The first-order valence-electron chi connectivity index (χ1n) is 6.78. The first kappa shape index (κ1) is 13.8. The Morgan fingerprint density at radius 2 is 1.95 bits per heavy atom. The second kappa shape index (κ2) is 6.07. The molecule has 0 saturated heterocycles. The standard InChI is InChI=1S/C18H14O2S/c1-13(19)21-12-5-4-7-14-8-6-10-16-15-9-2-3-11-17(15)20-18(14)16/h2-3,6,8-11H,5,12H2,1H3. The average Bonchev–Trinajstić information content (AvgIpc) is 2.86. The lowest BCUT2D eigenvalue weighted by Gasteiger charge is -1.93. The van der Waals surface area contributed by atoms with Crippen molar-refractivity contribution in [2.45, 2.75) is 13.3 Å². The van der Waals surface area contributed by atoms with Gasteiger partial charge in [-0.25, -0.2) is 0 Å². The molecule has 0 saturated carbocycles. The van der Waals surface area contributed by atoms with Crippen LogP contribution in [0.5, 0.6) is 0 Å². The fourth-order valence-electron chi connectivity index (χ4n) is 2.25. The number of hydrogen-bond acceptors (Lipinski definition) is 3. The molecular weight excluding hydrogens is 280 g/mol. The van der Waals surface area contributed by atoms with Gasteiger partial charge in [-0.1, -0.05) is 53.9 Å². The summed E-state index contributed by atoms with van der Waals surface area (Å²) in [6, 6.07) is 14.0. The molecular formula is C18H14O2S. The van der Waals surface area contributed by atoms with Crippen molar-refractivity contribution >= 4 is 38.8 Å². The molecule has 0 aliphatic carbocycles. The predicted molar refractivity (Wildman–Crippen MR) is 88.4 cm³/mol. The molecule has 3 aromatic rings. The number of furan rings is 1. The maximum atomic E-state index is 10.9. The molecule has 0 aliphatic heterocycles.